The molecule has 5 aromatic rings. The van der Waals surface area contributed by atoms with E-state index in [0.29, 0.717) is 77.6 Å². The number of aliphatic hydroxyl groups is 1. The maximum Gasteiger partial charge on any atom is 1.00 e. The Bertz CT molecular complexity index is 4880. The van der Waals surface area contributed by atoms with Crippen molar-refractivity contribution < 1.29 is 163 Å². The molecular formula is C108H157F3N9NaO25S3. The molecule has 824 valence electrons. The molecule has 21 saturated carbocycles. The van der Waals surface area contributed by atoms with Gasteiger partial charge in [-0.25, -0.2) is 28.8 Å². The number of carbonyl (C=O) groups excluding carboxylic acids is 9. The van der Waals surface area contributed by atoms with Gasteiger partial charge in [-0.15, -0.1) is 18.6 Å². The number of methoxy groups -OCH3 is 1. The zero-order chi connectivity index (χ0) is 103. The van der Waals surface area contributed by atoms with Crippen molar-refractivity contribution in [2.45, 2.75) is 410 Å². The van der Waals surface area contributed by atoms with Crippen LogP contribution in [-0.2, 0) is 114 Å². The van der Waals surface area contributed by atoms with Gasteiger partial charge in [0.25, 0.3) is 6.47 Å². The zero-order valence-corrected chi connectivity index (χ0v) is 87.6. The largest absolute Gasteiger partial charge is 1.00 e. The van der Waals surface area contributed by atoms with E-state index in [9.17, 15) is 66.5 Å². The maximum atomic E-state index is 12.4. The third-order valence-corrected chi connectivity index (χ3v) is 36.5. The van der Waals surface area contributed by atoms with Crippen LogP contribution in [0.5, 0.6) is 0 Å². The van der Waals surface area contributed by atoms with Gasteiger partial charge in [-0.05, 0) is 297 Å². The smallest absolute Gasteiger partial charge is 0.662 e. The van der Waals surface area contributed by atoms with E-state index >= 15 is 0 Å². The second kappa shape index (κ2) is 57.0. The number of ether oxygens (including phenoxy) is 7. The van der Waals surface area contributed by atoms with E-state index in [-0.39, 0.29) is 161 Å². The summed E-state index contributed by atoms with van der Waals surface area (Å²) in [5, 5.41) is 43.3. The number of benzene rings is 5. The van der Waals surface area contributed by atoms with Gasteiger partial charge in [0.15, 0.2) is 5.12 Å². The fraction of sp³-hybridized carbons (Fsp3) is 0.630. The molecule has 5 aromatic carbocycles. The molecule has 0 heterocycles. The summed E-state index contributed by atoms with van der Waals surface area (Å²) in [4.78, 5) is 126. The van der Waals surface area contributed by atoms with Crippen LogP contribution < -0.4 is 84.7 Å². The minimum Gasteiger partial charge on any atom is -0.662 e. The Morgan fingerprint density at radius 3 is 0.839 bits per heavy atom. The van der Waals surface area contributed by atoms with Crippen molar-refractivity contribution in [2.24, 2.45) is 34.1 Å². The Hall–Kier alpha value is -8.56. The number of fused-ring (bicyclic) bond motifs is 21. The van der Waals surface area contributed by atoms with Crippen LogP contribution in [0.25, 0.3) is 0 Å². The molecule has 5 amide bonds. The number of carbonyl (C=O) groups is 10. The monoisotopic (exact) mass is 2160 g/mol. The molecule has 34 nitrogen and oxygen atoms in total. The normalized spacial score (nSPS) is 30.2. The summed E-state index contributed by atoms with van der Waals surface area (Å²) in [6.07, 6.45) is 28.2. The number of hydrogen-bond acceptors (Lipinski definition) is 31. The second-order valence-corrected chi connectivity index (χ2v) is 46.0. The first-order valence-electron chi connectivity index (χ1n) is 49.9. The van der Waals surface area contributed by atoms with Crippen LogP contribution in [0.2, 0.25) is 0 Å². The third-order valence-electron chi connectivity index (χ3n) is 32.9. The van der Waals surface area contributed by atoms with Crippen molar-refractivity contribution >= 4 is 95.8 Å². The number of rotatable bonds is 26. The van der Waals surface area contributed by atoms with E-state index in [1.54, 1.807) is 6.92 Å². The molecule has 21 aliphatic carbocycles. The Morgan fingerprint density at radius 1 is 0.376 bits per heavy atom. The van der Waals surface area contributed by atoms with E-state index in [0.717, 1.165) is 240 Å². The van der Waals surface area contributed by atoms with Crippen LogP contribution >= 0.6 is 35.8 Å². The molecule has 21 aliphatic rings. The summed E-state index contributed by atoms with van der Waals surface area (Å²) < 4.78 is 83.5. The first-order chi connectivity index (χ1) is 68.7. The van der Waals surface area contributed by atoms with Crippen LogP contribution in [0, 0.1) is 10.8 Å². The first-order valence-corrected chi connectivity index (χ1v) is 52.2. The Labute approximate surface area is 909 Å². The predicted molar refractivity (Wildman–Crippen MR) is 553 cm³/mol. The molecular weight excluding hydrogens is 2000 g/mol. The van der Waals surface area contributed by atoms with Crippen molar-refractivity contribution in [2.75, 3.05) is 7.11 Å². The van der Waals surface area contributed by atoms with Crippen molar-refractivity contribution in [1.82, 2.24) is 26.6 Å². The van der Waals surface area contributed by atoms with Crippen LogP contribution in [0.4, 0.5) is 37.1 Å². The Morgan fingerprint density at radius 2 is 0.604 bits per heavy atom. The second-order valence-electron chi connectivity index (χ2n) is 42.0. The molecule has 0 unspecified atom stereocenters. The van der Waals surface area contributed by atoms with Crippen LogP contribution in [0.3, 0.4) is 0 Å². The number of carboxylic acid groups (broad SMARTS) is 1. The molecule has 0 aliphatic heterocycles. The average molecular weight is 2160 g/mol. The van der Waals surface area contributed by atoms with E-state index in [1.165, 1.54) is 43.0 Å². The standard InChI is InChI=1S/C18H20F3NO4.C18H23NO3S.C17H21NO4.C16H22N2O4S.C16H21NO3.C10H17NO2.C8H16N2O2S.CH2O3.4CH4.Na/c19-18(20,21)14(23)26-17-9-6-16(7-10-17,8-11-17)22-15(24)25-12-13-4-2-1-3-5-13;1-14(20)23-18-10-7-17(8-11-18,9-12-18)19-16(21)22-13-15-5-3-2-4-6-15;19-14(20)16-6-9-17(10-7-16,11-8-16)18-15(21)22-12-13-4-2-1-3-5-13;17-21-22-23-16-9-6-15(7-10-16,8-11-16)18-14(19)20-12-13-4-2-1-3-5-13;18-14(20-12-13-4-2-1-3-5-13)17-15-6-9-16(19,10-7-15)11-8-15;1-13-8(12)9-2-5-10(11,6-3-9)7-4-9;9-7-1-4-8(5-2-7,6-3-7)13-12-11-10;2-1-4-3;;;;;/h1-5H,6-12H2,(H,22,24);2-6H,7-13H2,1H3,(H,19,21);1-5H,6-12H2,(H,18,21)(H,19,20);1-5H,6-12,17H2,(H,18,19);1-5,19H,6-12H2,(H,17,18);2-7,11H2,1H3;1-6,9-10H2;1,3H;4*1H4;/q;;;;;;;;;;;;+1/p-1. The van der Waals surface area contributed by atoms with Crippen molar-refractivity contribution in [3.8, 4) is 0 Å². The summed E-state index contributed by atoms with van der Waals surface area (Å²) in [6, 6.07) is 47.9. The molecule has 0 aromatic heterocycles. The number of alkyl halides is 3. The predicted octanol–water partition coefficient (Wildman–Crippen LogP) is 17.4. The number of thioether (sulfide) groups is 1. The molecule has 0 saturated heterocycles. The zero-order valence-electron chi connectivity index (χ0n) is 83.2. The minimum atomic E-state index is -4.99. The van der Waals surface area contributed by atoms with Gasteiger partial charge in [0.2, 0.25) is 0 Å². The number of hydrogen-bond donors (Lipinski definition) is 11. The molecule has 0 atom stereocenters. The van der Waals surface area contributed by atoms with Crippen molar-refractivity contribution in [3.63, 3.8) is 0 Å². The minimum absolute atomic E-state index is 0. The summed E-state index contributed by atoms with van der Waals surface area (Å²) in [7, 11) is 1.48. The first kappa shape index (κ1) is 127. The van der Waals surface area contributed by atoms with Crippen LogP contribution in [0.15, 0.2) is 152 Å². The quantitative estimate of drug-likeness (QED) is 0.00466. The number of alkyl carbamates (subject to hydrolysis) is 5. The fourth-order valence-electron chi connectivity index (χ4n) is 23.2. The molecule has 15 N–H and O–H groups in total. The van der Waals surface area contributed by atoms with Gasteiger partial charge < -0.3 is 91.6 Å². The fourth-order valence-corrected chi connectivity index (χ4v) is 25.9. The molecule has 41 heteroatoms. The molecule has 0 spiro atoms. The topological polar surface area (TPSA) is 509 Å². The Kier molecular flexibility index (Phi) is 48.8. The summed E-state index contributed by atoms with van der Waals surface area (Å²) in [5.41, 5.74) is 13.8. The van der Waals surface area contributed by atoms with Crippen LogP contribution in [-0.4, -0.2) is 148 Å². The summed E-state index contributed by atoms with van der Waals surface area (Å²) >= 11 is 4.20. The van der Waals surface area contributed by atoms with E-state index < -0.39 is 52.5 Å². The molecule has 21 fully saturated rings. The van der Waals surface area contributed by atoms with Crippen molar-refractivity contribution in [1.29, 1.82) is 0 Å². The molecule has 149 heavy (non-hydrogen) atoms. The number of nitrogens with one attached hydrogen (secondary N) is 5. The van der Waals surface area contributed by atoms with Gasteiger partial charge in [-0.2, -0.15) is 25.0 Å². The van der Waals surface area contributed by atoms with Gasteiger partial charge in [-0.1, -0.05) is 193 Å². The van der Waals surface area contributed by atoms with Gasteiger partial charge in [0, 0.05) is 84.0 Å². The number of esters is 2. The SMILES string of the molecule is C.C.C.C.CC(=O)SC12CCC(NC(=O)OCc3ccccc3)(CC1)CC2.COC(=O)C12CCC(N)(CC1)CC2.NOOSC12CCC(N)(CC1)CC2.NOOSC12CCC(NC(=O)OCc3ccccc3)(CC1)CC2.O=C(NC12CCC(C(=O)O)(CC1)CC2)OCc1ccccc1.O=C(NC12CCC(O)(CC1)CC2)OCc1ccccc1.O=C(NC12CCC(OC(=O)C(F)(F)F)(CC1)CC2)OCc1ccccc1.O=CO[O-].[Na+]. The van der Waals surface area contributed by atoms with E-state index in [1.807, 2.05) is 152 Å². The number of nitrogens with two attached hydrogens (primary N) is 4. The number of halogens is 3. The van der Waals surface area contributed by atoms with E-state index in [2.05, 4.69) is 41.4 Å². The number of aliphatic carboxylic acids is 1. The number of carboxylic acids is 1. The summed E-state index contributed by atoms with van der Waals surface area (Å²) in [5.74, 6) is 6.92. The summed E-state index contributed by atoms with van der Waals surface area (Å²) in [6.45, 7) is 2.76. The van der Waals surface area contributed by atoms with Gasteiger partial charge in [0.1, 0.15) is 38.6 Å². The Balaban J connectivity index is 0.000000235. The molecule has 14 bridgehead atoms. The van der Waals surface area contributed by atoms with Crippen LogP contribution in [0.1, 0.15) is 334 Å². The van der Waals surface area contributed by atoms with E-state index in [4.69, 9.17) is 75.1 Å². The maximum absolute atomic E-state index is 12.4. The van der Waals surface area contributed by atoms with Gasteiger partial charge in [0.05, 0.1) is 23.5 Å². The number of amides is 5. The molecule has 0 radical (unpaired) electrons. The van der Waals surface area contributed by atoms with Gasteiger partial charge >= 0.3 is 84.1 Å². The molecule has 26 rings (SSSR count). The van der Waals surface area contributed by atoms with Gasteiger partial charge in [-0.3, -0.25) is 19.2 Å². The third kappa shape index (κ3) is 36.3. The van der Waals surface area contributed by atoms with Crippen molar-refractivity contribution in [3.05, 3.63) is 179 Å². The average Bonchev–Trinajstić information content (AvgIpc) is 0.821.